The third-order valence-electron chi connectivity index (χ3n) is 1.89. The molecule has 0 aliphatic rings. The monoisotopic (exact) mass is 252 g/mol. The Balaban J connectivity index is 2.39. The van der Waals surface area contributed by atoms with Crippen molar-refractivity contribution in [1.82, 2.24) is 14.5 Å². The molecule has 5 heteroatoms. The lowest BCUT2D eigenvalue weighted by Crippen LogP contribution is -2.00. The summed E-state index contributed by atoms with van der Waals surface area (Å²) in [4.78, 5) is 8.32. The summed E-state index contributed by atoms with van der Waals surface area (Å²) in [6, 6.07) is 3.86. The quantitative estimate of drug-likeness (QED) is 0.882. The molecule has 0 aliphatic carbocycles. The summed E-state index contributed by atoms with van der Waals surface area (Å²) in [7, 11) is 0. The standard InChI is InChI=1S/C9H9BrN4/c10-9-12-3-4-14(9)8-2-1-7(5-11)6-13-8/h1-4,6H,5,11H2. The summed E-state index contributed by atoms with van der Waals surface area (Å²) in [6.45, 7) is 0.512. The van der Waals surface area contributed by atoms with Gasteiger partial charge in [-0.05, 0) is 27.6 Å². The average Bonchev–Trinajstić information content (AvgIpc) is 2.65. The number of aromatic nitrogens is 3. The number of nitrogens with two attached hydrogens (primary N) is 1. The van der Waals surface area contributed by atoms with E-state index in [2.05, 4.69) is 25.9 Å². The Morgan fingerprint density at radius 1 is 1.36 bits per heavy atom. The largest absolute Gasteiger partial charge is 0.326 e. The first-order chi connectivity index (χ1) is 6.81. The number of imidazole rings is 1. The fraction of sp³-hybridized carbons (Fsp3) is 0.111. The van der Waals surface area contributed by atoms with E-state index in [0.29, 0.717) is 6.54 Å². The molecule has 2 rings (SSSR count). The van der Waals surface area contributed by atoms with Gasteiger partial charge in [0.1, 0.15) is 5.82 Å². The first-order valence-electron chi connectivity index (χ1n) is 4.15. The molecule has 4 nitrogen and oxygen atoms in total. The molecular formula is C9H9BrN4. The third-order valence-corrected chi connectivity index (χ3v) is 2.47. The molecule has 72 valence electrons. The summed E-state index contributed by atoms with van der Waals surface area (Å²) in [5.74, 6) is 0.826. The molecule has 0 radical (unpaired) electrons. The Morgan fingerprint density at radius 2 is 2.21 bits per heavy atom. The van der Waals surface area contributed by atoms with Gasteiger partial charge in [-0.2, -0.15) is 0 Å². The van der Waals surface area contributed by atoms with Crippen LogP contribution in [0.3, 0.4) is 0 Å². The highest BCUT2D eigenvalue weighted by molar-refractivity contribution is 9.10. The maximum Gasteiger partial charge on any atom is 0.182 e. The molecule has 0 amide bonds. The van der Waals surface area contributed by atoms with Crippen molar-refractivity contribution >= 4 is 15.9 Å². The summed E-state index contributed by atoms with van der Waals surface area (Å²) in [5, 5.41) is 0. The minimum Gasteiger partial charge on any atom is -0.326 e. The molecule has 2 aromatic rings. The van der Waals surface area contributed by atoms with Gasteiger partial charge in [-0.3, -0.25) is 4.57 Å². The van der Waals surface area contributed by atoms with E-state index >= 15 is 0 Å². The average molecular weight is 253 g/mol. The number of rotatable bonds is 2. The van der Waals surface area contributed by atoms with Gasteiger partial charge in [-0.25, -0.2) is 9.97 Å². The Hall–Kier alpha value is -1.20. The molecule has 0 atom stereocenters. The van der Waals surface area contributed by atoms with E-state index in [1.165, 1.54) is 0 Å². The maximum absolute atomic E-state index is 5.48. The number of pyridine rings is 1. The zero-order chi connectivity index (χ0) is 9.97. The lowest BCUT2D eigenvalue weighted by Gasteiger charge is -2.03. The van der Waals surface area contributed by atoms with Crippen LogP contribution in [0, 0.1) is 0 Å². The number of halogens is 1. The molecule has 0 saturated heterocycles. The molecule has 0 unspecified atom stereocenters. The fourth-order valence-electron chi connectivity index (χ4n) is 1.14. The highest BCUT2D eigenvalue weighted by Crippen LogP contribution is 2.12. The molecule has 0 fully saturated rings. The SMILES string of the molecule is NCc1ccc(-n2ccnc2Br)nc1. The van der Waals surface area contributed by atoms with E-state index in [1.807, 2.05) is 22.9 Å². The van der Waals surface area contributed by atoms with Crippen molar-refractivity contribution in [2.24, 2.45) is 5.73 Å². The minimum absolute atomic E-state index is 0.512. The Labute approximate surface area is 89.9 Å². The van der Waals surface area contributed by atoms with E-state index in [4.69, 9.17) is 5.73 Å². The molecule has 14 heavy (non-hydrogen) atoms. The number of hydrogen-bond donors (Lipinski definition) is 1. The maximum atomic E-state index is 5.48. The smallest absolute Gasteiger partial charge is 0.182 e. The van der Waals surface area contributed by atoms with Crippen LogP contribution in [-0.2, 0) is 6.54 Å². The summed E-state index contributed by atoms with van der Waals surface area (Å²) >= 11 is 3.33. The second-order valence-corrected chi connectivity index (χ2v) is 3.50. The molecule has 0 aliphatic heterocycles. The van der Waals surface area contributed by atoms with Gasteiger partial charge in [0.15, 0.2) is 4.73 Å². The lowest BCUT2D eigenvalue weighted by atomic mass is 10.3. The van der Waals surface area contributed by atoms with Crippen LogP contribution in [0.2, 0.25) is 0 Å². The van der Waals surface area contributed by atoms with E-state index in [0.717, 1.165) is 16.1 Å². The van der Waals surface area contributed by atoms with Crippen molar-refractivity contribution < 1.29 is 0 Å². The highest BCUT2D eigenvalue weighted by atomic mass is 79.9. The molecule has 2 N–H and O–H groups in total. The lowest BCUT2D eigenvalue weighted by molar-refractivity contribution is 0.945. The van der Waals surface area contributed by atoms with Gasteiger partial charge >= 0.3 is 0 Å². The molecule has 0 spiro atoms. The zero-order valence-corrected chi connectivity index (χ0v) is 8.98. The van der Waals surface area contributed by atoms with Crippen LogP contribution >= 0.6 is 15.9 Å². The Morgan fingerprint density at radius 3 is 2.71 bits per heavy atom. The second kappa shape index (κ2) is 3.89. The van der Waals surface area contributed by atoms with Crippen molar-refractivity contribution in [2.75, 3.05) is 0 Å². The van der Waals surface area contributed by atoms with Gasteiger partial charge in [0.05, 0.1) is 0 Å². The molecule has 0 saturated carbocycles. The predicted molar refractivity (Wildman–Crippen MR) is 57.0 cm³/mol. The molecule has 2 aromatic heterocycles. The molecule has 0 bridgehead atoms. The van der Waals surface area contributed by atoms with Gasteiger partial charge in [0.25, 0.3) is 0 Å². The highest BCUT2D eigenvalue weighted by Gasteiger charge is 2.01. The van der Waals surface area contributed by atoms with Crippen molar-refractivity contribution in [3.8, 4) is 5.82 Å². The fourth-order valence-corrected chi connectivity index (χ4v) is 1.55. The summed E-state index contributed by atoms with van der Waals surface area (Å²) < 4.78 is 2.59. The van der Waals surface area contributed by atoms with Crippen molar-refractivity contribution in [3.05, 3.63) is 41.0 Å². The van der Waals surface area contributed by atoms with Crippen LogP contribution < -0.4 is 5.73 Å². The van der Waals surface area contributed by atoms with Gasteiger partial charge in [-0.15, -0.1) is 0 Å². The number of hydrogen-bond acceptors (Lipinski definition) is 3. The van der Waals surface area contributed by atoms with Crippen LogP contribution in [-0.4, -0.2) is 14.5 Å². The van der Waals surface area contributed by atoms with Crippen LogP contribution in [0.15, 0.2) is 35.5 Å². The first-order valence-corrected chi connectivity index (χ1v) is 4.95. The molecule has 2 heterocycles. The minimum atomic E-state index is 0.512. The van der Waals surface area contributed by atoms with Gasteiger partial charge in [-0.1, -0.05) is 6.07 Å². The normalized spacial score (nSPS) is 10.4. The first kappa shape index (κ1) is 9.36. The molecule has 0 aromatic carbocycles. The zero-order valence-electron chi connectivity index (χ0n) is 7.39. The van der Waals surface area contributed by atoms with Crippen LogP contribution in [0.5, 0.6) is 0 Å². The van der Waals surface area contributed by atoms with Gasteiger partial charge in [0.2, 0.25) is 0 Å². The van der Waals surface area contributed by atoms with E-state index in [9.17, 15) is 0 Å². The number of nitrogens with zero attached hydrogens (tertiary/aromatic N) is 3. The van der Waals surface area contributed by atoms with E-state index in [-0.39, 0.29) is 0 Å². The Kier molecular flexibility index (Phi) is 2.60. The summed E-state index contributed by atoms with van der Waals surface area (Å²) in [5.41, 5.74) is 6.50. The molecular weight excluding hydrogens is 244 g/mol. The summed E-state index contributed by atoms with van der Waals surface area (Å²) in [6.07, 6.45) is 5.32. The van der Waals surface area contributed by atoms with Crippen molar-refractivity contribution in [1.29, 1.82) is 0 Å². The van der Waals surface area contributed by atoms with Crippen LogP contribution in [0.1, 0.15) is 5.56 Å². The second-order valence-electron chi connectivity index (χ2n) is 2.80. The van der Waals surface area contributed by atoms with Crippen molar-refractivity contribution in [3.63, 3.8) is 0 Å². The predicted octanol–water partition coefficient (Wildman–Crippen LogP) is 1.49. The third kappa shape index (κ3) is 1.69. The van der Waals surface area contributed by atoms with Crippen LogP contribution in [0.4, 0.5) is 0 Å². The Bertz CT molecular complexity index is 421. The van der Waals surface area contributed by atoms with E-state index in [1.54, 1.807) is 12.4 Å². The van der Waals surface area contributed by atoms with Crippen LogP contribution in [0.25, 0.3) is 5.82 Å². The van der Waals surface area contributed by atoms with E-state index < -0.39 is 0 Å². The topological polar surface area (TPSA) is 56.7 Å². The van der Waals surface area contributed by atoms with Crippen molar-refractivity contribution in [2.45, 2.75) is 6.54 Å². The van der Waals surface area contributed by atoms with Gasteiger partial charge in [0, 0.05) is 25.1 Å². The van der Waals surface area contributed by atoms with Gasteiger partial charge < -0.3 is 5.73 Å².